The predicted octanol–water partition coefficient (Wildman–Crippen LogP) is 3.03. The van der Waals surface area contributed by atoms with Crippen molar-refractivity contribution in [3.63, 3.8) is 0 Å². The molecule has 0 bridgehead atoms. The van der Waals surface area contributed by atoms with Crippen LogP contribution in [0.25, 0.3) is 0 Å². The number of rotatable bonds is 5. The Morgan fingerprint density at radius 1 is 1.17 bits per heavy atom. The quantitative estimate of drug-likeness (QED) is 0.746. The minimum absolute atomic E-state index is 0.0267. The Bertz CT molecular complexity index is 1070. The SMILES string of the molecule is Cc1sc(NC(=O)c2ccc(F)c(S(=O)(=O)N3CCCCC3)c2)c(C(N)=O)c1C. The number of thiophene rings is 1. The average Bonchev–Trinajstić information content (AvgIpc) is 2.96. The van der Waals surface area contributed by atoms with Crippen molar-refractivity contribution >= 4 is 38.2 Å². The number of nitrogens with one attached hydrogen (secondary N) is 1. The monoisotopic (exact) mass is 439 g/mol. The van der Waals surface area contributed by atoms with Gasteiger partial charge in [0.15, 0.2) is 0 Å². The van der Waals surface area contributed by atoms with E-state index in [1.807, 2.05) is 0 Å². The molecule has 1 aromatic heterocycles. The molecule has 0 atom stereocenters. The van der Waals surface area contributed by atoms with Gasteiger partial charge in [0.05, 0.1) is 5.56 Å². The second-order valence-electron chi connectivity index (χ2n) is 6.92. The molecule has 1 saturated heterocycles. The van der Waals surface area contributed by atoms with Gasteiger partial charge in [-0.05, 0) is 50.5 Å². The molecule has 7 nitrogen and oxygen atoms in total. The van der Waals surface area contributed by atoms with Crippen molar-refractivity contribution in [1.29, 1.82) is 0 Å². The zero-order chi connectivity index (χ0) is 21.3. The molecule has 2 amide bonds. The lowest BCUT2D eigenvalue weighted by Gasteiger charge is -2.26. The van der Waals surface area contributed by atoms with Gasteiger partial charge >= 0.3 is 0 Å². The summed E-state index contributed by atoms with van der Waals surface area (Å²) in [5.41, 5.74) is 6.27. The Balaban J connectivity index is 1.93. The first-order valence-corrected chi connectivity index (χ1v) is 11.4. The Hall–Kier alpha value is -2.30. The van der Waals surface area contributed by atoms with E-state index in [-0.39, 0.29) is 16.1 Å². The summed E-state index contributed by atoms with van der Waals surface area (Å²) in [6, 6.07) is 3.20. The van der Waals surface area contributed by atoms with Crippen LogP contribution in [0.3, 0.4) is 0 Å². The normalized spacial score (nSPS) is 15.3. The zero-order valence-corrected chi connectivity index (χ0v) is 17.8. The van der Waals surface area contributed by atoms with Crippen molar-refractivity contribution in [3.8, 4) is 0 Å². The van der Waals surface area contributed by atoms with E-state index < -0.39 is 32.6 Å². The topological polar surface area (TPSA) is 110 Å². The third-order valence-corrected chi connectivity index (χ3v) is 8.02. The highest BCUT2D eigenvalue weighted by Gasteiger charge is 2.29. The molecule has 0 spiro atoms. The van der Waals surface area contributed by atoms with Gasteiger partial charge in [-0.15, -0.1) is 11.3 Å². The minimum Gasteiger partial charge on any atom is -0.365 e. The molecule has 1 aliphatic heterocycles. The third-order valence-electron chi connectivity index (χ3n) is 4.99. The highest BCUT2D eigenvalue weighted by molar-refractivity contribution is 7.89. The summed E-state index contributed by atoms with van der Waals surface area (Å²) >= 11 is 1.19. The fourth-order valence-electron chi connectivity index (χ4n) is 3.27. The van der Waals surface area contributed by atoms with E-state index in [0.717, 1.165) is 23.4 Å². The summed E-state index contributed by atoms with van der Waals surface area (Å²) in [6.45, 7) is 4.17. The second-order valence-corrected chi connectivity index (χ2v) is 10.0. The maximum absolute atomic E-state index is 14.3. The molecule has 0 unspecified atom stereocenters. The largest absolute Gasteiger partial charge is 0.365 e. The molecule has 3 N–H and O–H groups in total. The number of amides is 2. The average molecular weight is 440 g/mol. The fraction of sp³-hybridized carbons (Fsp3) is 0.368. The number of carbonyl (C=O) groups excluding carboxylic acids is 2. The summed E-state index contributed by atoms with van der Waals surface area (Å²) in [4.78, 5) is 24.7. The minimum atomic E-state index is -4.04. The lowest BCUT2D eigenvalue weighted by Crippen LogP contribution is -2.36. The first-order chi connectivity index (χ1) is 13.6. The van der Waals surface area contributed by atoms with Crippen LogP contribution in [-0.4, -0.2) is 37.6 Å². The molecule has 156 valence electrons. The molecular formula is C19H22FN3O4S2. The van der Waals surface area contributed by atoms with E-state index >= 15 is 0 Å². The van der Waals surface area contributed by atoms with Crippen molar-refractivity contribution in [2.24, 2.45) is 5.73 Å². The number of aryl methyl sites for hydroxylation is 1. The Morgan fingerprint density at radius 2 is 1.83 bits per heavy atom. The van der Waals surface area contributed by atoms with E-state index in [9.17, 15) is 22.4 Å². The maximum Gasteiger partial charge on any atom is 0.256 e. The highest BCUT2D eigenvalue weighted by Crippen LogP contribution is 2.32. The number of halogens is 1. The van der Waals surface area contributed by atoms with E-state index in [2.05, 4.69) is 5.32 Å². The van der Waals surface area contributed by atoms with Crippen molar-refractivity contribution in [1.82, 2.24) is 4.31 Å². The van der Waals surface area contributed by atoms with Crippen molar-refractivity contribution in [2.45, 2.75) is 38.0 Å². The van der Waals surface area contributed by atoms with Gasteiger partial charge in [-0.25, -0.2) is 12.8 Å². The van der Waals surface area contributed by atoms with Crippen LogP contribution in [0.5, 0.6) is 0 Å². The molecule has 10 heteroatoms. The molecule has 0 aliphatic carbocycles. The van der Waals surface area contributed by atoms with Gasteiger partial charge in [0.25, 0.3) is 11.8 Å². The van der Waals surface area contributed by atoms with Gasteiger partial charge in [0.2, 0.25) is 10.0 Å². The molecule has 3 rings (SSSR count). The zero-order valence-electron chi connectivity index (χ0n) is 16.1. The molecule has 29 heavy (non-hydrogen) atoms. The summed E-state index contributed by atoms with van der Waals surface area (Å²) in [7, 11) is -4.04. The van der Waals surface area contributed by atoms with E-state index in [1.54, 1.807) is 13.8 Å². The summed E-state index contributed by atoms with van der Waals surface area (Å²) < 4.78 is 41.2. The van der Waals surface area contributed by atoms with Crippen LogP contribution >= 0.6 is 11.3 Å². The van der Waals surface area contributed by atoms with Crippen LogP contribution in [0, 0.1) is 19.7 Å². The Labute approximate surface area is 172 Å². The molecule has 2 aromatic rings. The van der Waals surface area contributed by atoms with Crippen LogP contribution in [0.4, 0.5) is 9.39 Å². The summed E-state index contributed by atoms with van der Waals surface area (Å²) in [5, 5.41) is 2.88. The first-order valence-electron chi connectivity index (χ1n) is 9.13. The lowest BCUT2D eigenvalue weighted by molar-refractivity contribution is 0.100. The molecule has 1 fully saturated rings. The Morgan fingerprint density at radius 3 is 2.45 bits per heavy atom. The lowest BCUT2D eigenvalue weighted by atomic mass is 10.1. The van der Waals surface area contributed by atoms with Crippen molar-refractivity contribution < 1.29 is 22.4 Å². The summed E-state index contributed by atoms with van der Waals surface area (Å²) in [5.74, 6) is -2.23. The van der Waals surface area contributed by atoms with Crippen LogP contribution in [0.15, 0.2) is 23.1 Å². The number of sulfonamides is 1. The van der Waals surface area contributed by atoms with Crippen LogP contribution in [-0.2, 0) is 10.0 Å². The molecule has 1 aliphatic rings. The first kappa shape index (κ1) is 21.4. The number of nitrogens with zero attached hydrogens (tertiary/aromatic N) is 1. The van der Waals surface area contributed by atoms with Gasteiger partial charge in [0, 0.05) is 23.5 Å². The van der Waals surface area contributed by atoms with Crippen molar-refractivity contribution in [3.05, 3.63) is 45.6 Å². The number of primary amides is 1. The number of hydrogen-bond acceptors (Lipinski definition) is 5. The number of benzene rings is 1. The Kier molecular flexibility index (Phi) is 6.06. The van der Waals surface area contributed by atoms with E-state index in [4.69, 9.17) is 5.73 Å². The number of anilines is 1. The maximum atomic E-state index is 14.3. The molecule has 0 radical (unpaired) electrons. The van der Waals surface area contributed by atoms with Crippen molar-refractivity contribution in [2.75, 3.05) is 18.4 Å². The number of carbonyl (C=O) groups is 2. The van der Waals surface area contributed by atoms with Gasteiger partial charge < -0.3 is 11.1 Å². The number of nitrogens with two attached hydrogens (primary N) is 1. The molecule has 0 saturated carbocycles. The van der Waals surface area contributed by atoms with Gasteiger partial charge in [-0.3, -0.25) is 9.59 Å². The number of piperidine rings is 1. The predicted molar refractivity (Wildman–Crippen MR) is 109 cm³/mol. The molecular weight excluding hydrogens is 417 g/mol. The van der Waals surface area contributed by atoms with Gasteiger partial charge in [-0.1, -0.05) is 6.42 Å². The van der Waals surface area contributed by atoms with E-state index in [1.165, 1.54) is 21.7 Å². The molecule has 2 heterocycles. The second kappa shape index (κ2) is 8.21. The van der Waals surface area contributed by atoms with Crippen LogP contribution < -0.4 is 11.1 Å². The number of hydrogen-bond donors (Lipinski definition) is 2. The van der Waals surface area contributed by atoms with E-state index in [0.29, 0.717) is 31.5 Å². The standard InChI is InChI=1S/C19H22FN3O4S2/c1-11-12(2)28-19(16(11)17(21)24)22-18(25)13-6-7-14(20)15(10-13)29(26,27)23-8-4-3-5-9-23/h6-7,10H,3-5,8-9H2,1-2H3,(H2,21,24)(H,22,25). The van der Waals surface area contributed by atoms with Crippen LogP contribution in [0.2, 0.25) is 0 Å². The fourth-order valence-corrected chi connectivity index (χ4v) is 5.94. The van der Waals surface area contributed by atoms with Gasteiger partial charge in [-0.2, -0.15) is 4.31 Å². The van der Waals surface area contributed by atoms with Gasteiger partial charge in [0.1, 0.15) is 15.7 Å². The molecule has 1 aromatic carbocycles. The smallest absolute Gasteiger partial charge is 0.256 e. The highest BCUT2D eigenvalue weighted by atomic mass is 32.2. The summed E-state index contributed by atoms with van der Waals surface area (Å²) in [6.07, 6.45) is 2.36. The third kappa shape index (κ3) is 4.19. The van der Waals surface area contributed by atoms with Crippen LogP contribution in [0.1, 0.15) is 50.4 Å².